The molecule has 2 aromatic heterocycles. The summed E-state index contributed by atoms with van der Waals surface area (Å²) >= 11 is 0. The van der Waals surface area contributed by atoms with Crippen molar-refractivity contribution in [1.82, 2.24) is 25.3 Å². The molecule has 6 nitrogen and oxygen atoms in total. The van der Waals surface area contributed by atoms with Crippen molar-refractivity contribution >= 4 is 16.8 Å². The number of carbonyl (C=O) groups excluding carboxylic acids is 1. The van der Waals surface area contributed by atoms with E-state index in [0.717, 1.165) is 28.7 Å². The Morgan fingerprint density at radius 2 is 1.85 bits per heavy atom. The maximum atomic E-state index is 12.2. The van der Waals surface area contributed by atoms with Crippen LogP contribution < -0.4 is 5.32 Å². The second-order valence-corrected chi connectivity index (χ2v) is 6.19. The predicted octanol–water partition coefficient (Wildman–Crippen LogP) is 2.67. The van der Waals surface area contributed by atoms with E-state index in [0.29, 0.717) is 6.54 Å². The summed E-state index contributed by atoms with van der Waals surface area (Å²) in [4.78, 5) is 12.2. The monoisotopic (exact) mass is 345 g/mol. The lowest BCUT2D eigenvalue weighted by atomic mass is 10.1. The lowest BCUT2D eigenvalue weighted by Crippen LogP contribution is -2.24. The Hall–Kier alpha value is -3.41. The van der Waals surface area contributed by atoms with Crippen molar-refractivity contribution in [3.05, 3.63) is 83.8 Å². The van der Waals surface area contributed by atoms with Crippen LogP contribution in [0.1, 0.15) is 16.8 Å². The van der Waals surface area contributed by atoms with Gasteiger partial charge in [-0.3, -0.25) is 14.6 Å². The summed E-state index contributed by atoms with van der Waals surface area (Å²) in [7, 11) is 0. The zero-order valence-electron chi connectivity index (χ0n) is 14.2. The second kappa shape index (κ2) is 7.23. The summed E-state index contributed by atoms with van der Waals surface area (Å²) in [6, 6.07) is 17.9. The molecule has 2 heterocycles. The summed E-state index contributed by atoms with van der Waals surface area (Å²) in [5.74, 6) is -0.0278. The number of para-hydroxylation sites is 1. The molecule has 0 aliphatic heterocycles. The predicted molar refractivity (Wildman–Crippen MR) is 99.4 cm³/mol. The van der Waals surface area contributed by atoms with Crippen LogP contribution in [0.5, 0.6) is 0 Å². The van der Waals surface area contributed by atoms with Gasteiger partial charge in [-0.05, 0) is 23.3 Å². The molecule has 0 radical (unpaired) electrons. The molecule has 2 N–H and O–H groups in total. The number of H-pyrrole nitrogens is 1. The lowest BCUT2D eigenvalue weighted by molar-refractivity contribution is -0.120. The van der Waals surface area contributed by atoms with Crippen molar-refractivity contribution < 1.29 is 4.79 Å². The normalized spacial score (nSPS) is 10.9. The molecule has 1 amide bonds. The third kappa shape index (κ3) is 3.64. The Morgan fingerprint density at radius 1 is 1.04 bits per heavy atom. The number of amides is 1. The van der Waals surface area contributed by atoms with Crippen LogP contribution in [-0.4, -0.2) is 25.9 Å². The summed E-state index contributed by atoms with van der Waals surface area (Å²) in [5.41, 5.74) is 3.96. The molecule has 130 valence electrons. The Bertz CT molecular complexity index is 1000. The lowest BCUT2D eigenvalue weighted by Gasteiger charge is -2.07. The number of hydrogen-bond donors (Lipinski definition) is 2. The highest BCUT2D eigenvalue weighted by Gasteiger charge is 2.09. The number of nitrogens with one attached hydrogen (secondary N) is 2. The van der Waals surface area contributed by atoms with Crippen molar-refractivity contribution in [2.24, 2.45) is 0 Å². The number of aromatic nitrogens is 4. The van der Waals surface area contributed by atoms with E-state index in [1.807, 2.05) is 53.3 Å². The largest absolute Gasteiger partial charge is 0.352 e. The SMILES string of the molecule is O=C(Cc1[nH]nc2ccccc12)NCc1ccc(Cn2cccn2)cc1. The van der Waals surface area contributed by atoms with E-state index in [2.05, 4.69) is 32.7 Å². The van der Waals surface area contributed by atoms with E-state index in [1.165, 1.54) is 5.56 Å². The molecule has 0 spiro atoms. The van der Waals surface area contributed by atoms with Gasteiger partial charge in [-0.25, -0.2) is 0 Å². The summed E-state index contributed by atoms with van der Waals surface area (Å²) in [6.07, 6.45) is 4.00. The van der Waals surface area contributed by atoms with Crippen molar-refractivity contribution in [2.75, 3.05) is 0 Å². The standard InChI is InChI=1S/C20H19N5O/c26-20(12-19-17-4-1-2-5-18(17)23-24-19)21-13-15-6-8-16(9-7-15)14-25-11-3-10-22-25/h1-11H,12-14H2,(H,21,26)(H,23,24). The van der Waals surface area contributed by atoms with E-state index in [1.54, 1.807) is 6.20 Å². The molecule has 2 aromatic carbocycles. The number of carbonyl (C=O) groups is 1. The van der Waals surface area contributed by atoms with Gasteiger partial charge in [0.05, 0.1) is 24.2 Å². The maximum Gasteiger partial charge on any atom is 0.226 e. The van der Waals surface area contributed by atoms with Crippen LogP contribution in [0.25, 0.3) is 10.9 Å². The zero-order chi connectivity index (χ0) is 17.8. The number of fused-ring (bicyclic) bond motifs is 1. The molecule has 0 saturated heterocycles. The zero-order valence-corrected chi connectivity index (χ0v) is 14.2. The van der Waals surface area contributed by atoms with Gasteiger partial charge < -0.3 is 5.32 Å². The first-order valence-electron chi connectivity index (χ1n) is 8.52. The number of rotatable bonds is 6. The molecule has 4 aromatic rings. The molecule has 4 rings (SSSR count). The molecule has 26 heavy (non-hydrogen) atoms. The van der Waals surface area contributed by atoms with E-state index >= 15 is 0 Å². The molecule has 0 saturated carbocycles. The Kier molecular flexibility index (Phi) is 4.47. The van der Waals surface area contributed by atoms with E-state index < -0.39 is 0 Å². The van der Waals surface area contributed by atoms with Crippen LogP contribution in [0, 0.1) is 0 Å². The van der Waals surface area contributed by atoms with Gasteiger partial charge in [0.2, 0.25) is 5.91 Å². The highest BCUT2D eigenvalue weighted by Crippen LogP contribution is 2.15. The molecule has 6 heteroatoms. The minimum absolute atomic E-state index is 0.0278. The molecule has 0 fully saturated rings. The van der Waals surface area contributed by atoms with Crippen LogP contribution in [0.3, 0.4) is 0 Å². The number of aromatic amines is 1. The first-order chi connectivity index (χ1) is 12.8. The van der Waals surface area contributed by atoms with Crippen molar-refractivity contribution in [2.45, 2.75) is 19.5 Å². The van der Waals surface area contributed by atoms with Crippen LogP contribution in [0.2, 0.25) is 0 Å². The topological polar surface area (TPSA) is 75.6 Å². The average Bonchev–Trinajstić information content (AvgIpc) is 3.32. The third-order valence-electron chi connectivity index (χ3n) is 4.29. The quantitative estimate of drug-likeness (QED) is 0.564. The van der Waals surface area contributed by atoms with Crippen LogP contribution in [-0.2, 0) is 24.3 Å². The van der Waals surface area contributed by atoms with Gasteiger partial charge >= 0.3 is 0 Å². The first-order valence-corrected chi connectivity index (χ1v) is 8.52. The van der Waals surface area contributed by atoms with Gasteiger partial charge in [0, 0.05) is 24.3 Å². The van der Waals surface area contributed by atoms with Gasteiger partial charge in [-0.2, -0.15) is 10.2 Å². The smallest absolute Gasteiger partial charge is 0.226 e. The van der Waals surface area contributed by atoms with Crippen LogP contribution in [0.15, 0.2) is 67.0 Å². The molecule has 0 unspecified atom stereocenters. The third-order valence-corrected chi connectivity index (χ3v) is 4.29. The number of nitrogens with zero attached hydrogens (tertiary/aromatic N) is 3. The first kappa shape index (κ1) is 16.1. The highest BCUT2D eigenvalue weighted by molar-refractivity contribution is 5.87. The van der Waals surface area contributed by atoms with E-state index in [-0.39, 0.29) is 12.3 Å². The number of benzene rings is 2. The Morgan fingerprint density at radius 3 is 2.65 bits per heavy atom. The Balaban J connectivity index is 1.32. The van der Waals surface area contributed by atoms with E-state index in [9.17, 15) is 4.79 Å². The summed E-state index contributed by atoms with van der Waals surface area (Å²) < 4.78 is 1.88. The van der Waals surface area contributed by atoms with Gasteiger partial charge in [0.15, 0.2) is 0 Å². The van der Waals surface area contributed by atoms with Gasteiger partial charge in [-0.15, -0.1) is 0 Å². The molecule has 0 aliphatic carbocycles. The number of hydrogen-bond acceptors (Lipinski definition) is 3. The fraction of sp³-hybridized carbons (Fsp3) is 0.150. The highest BCUT2D eigenvalue weighted by atomic mass is 16.1. The minimum Gasteiger partial charge on any atom is -0.352 e. The van der Waals surface area contributed by atoms with Crippen LogP contribution >= 0.6 is 0 Å². The van der Waals surface area contributed by atoms with Gasteiger partial charge in [0.25, 0.3) is 0 Å². The molecule has 0 bridgehead atoms. The maximum absolute atomic E-state index is 12.2. The molecular formula is C20H19N5O. The second-order valence-electron chi connectivity index (χ2n) is 6.19. The van der Waals surface area contributed by atoms with Gasteiger partial charge in [0.1, 0.15) is 0 Å². The molecule has 0 aliphatic rings. The molecule has 0 atom stereocenters. The summed E-state index contributed by atoms with van der Waals surface area (Å²) in [5, 5.41) is 15.3. The Labute approximate surface area is 150 Å². The molecular weight excluding hydrogens is 326 g/mol. The summed E-state index contributed by atoms with van der Waals surface area (Å²) in [6.45, 7) is 1.25. The van der Waals surface area contributed by atoms with Crippen LogP contribution in [0.4, 0.5) is 0 Å². The fourth-order valence-corrected chi connectivity index (χ4v) is 2.92. The minimum atomic E-state index is -0.0278. The van der Waals surface area contributed by atoms with Gasteiger partial charge in [-0.1, -0.05) is 42.5 Å². The fourth-order valence-electron chi connectivity index (χ4n) is 2.92. The average molecular weight is 345 g/mol. The van der Waals surface area contributed by atoms with Crippen molar-refractivity contribution in [1.29, 1.82) is 0 Å². The van der Waals surface area contributed by atoms with Crippen molar-refractivity contribution in [3.63, 3.8) is 0 Å². The van der Waals surface area contributed by atoms with Crippen molar-refractivity contribution in [3.8, 4) is 0 Å². The van der Waals surface area contributed by atoms with E-state index in [4.69, 9.17) is 0 Å².